The van der Waals surface area contributed by atoms with Gasteiger partial charge in [-0.1, -0.05) is 38.1 Å². The zero-order valence-corrected chi connectivity index (χ0v) is 14.5. The van der Waals surface area contributed by atoms with Gasteiger partial charge in [-0.25, -0.2) is 4.68 Å². The molecule has 1 aromatic carbocycles. The Balaban J connectivity index is 2.93. The predicted octanol–water partition coefficient (Wildman–Crippen LogP) is 2.65. The zero-order valence-electron chi connectivity index (χ0n) is 14.5. The van der Waals surface area contributed by atoms with Crippen molar-refractivity contribution in [2.45, 2.75) is 40.0 Å². The minimum atomic E-state index is -0.378. The maximum Gasteiger partial charge on any atom is 0.278 e. The van der Waals surface area contributed by atoms with Gasteiger partial charge in [-0.05, 0) is 41.5 Å². The number of rotatable bonds is 5. The van der Waals surface area contributed by atoms with E-state index in [-0.39, 0.29) is 22.6 Å². The van der Waals surface area contributed by atoms with Crippen LogP contribution in [0.5, 0.6) is 5.75 Å². The molecular weight excluding hydrogens is 306 g/mol. The highest BCUT2D eigenvalue weighted by atomic mass is 16.4. The highest BCUT2D eigenvalue weighted by Crippen LogP contribution is 2.34. The minimum absolute atomic E-state index is 0.0540. The van der Waals surface area contributed by atoms with Crippen molar-refractivity contribution < 1.29 is 10.3 Å². The van der Waals surface area contributed by atoms with Crippen molar-refractivity contribution in [2.24, 2.45) is 12.2 Å². The summed E-state index contributed by atoms with van der Waals surface area (Å²) in [6, 6.07) is 4.15. The first-order valence-electron chi connectivity index (χ1n) is 8.11. The minimum Gasteiger partial charge on any atom is -0.505 e. The summed E-state index contributed by atoms with van der Waals surface area (Å²) in [7, 11) is 1.51. The van der Waals surface area contributed by atoms with Crippen LogP contribution in [0.3, 0.4) is 0 Å². The number of hydrogen-bond donors (Lipinski definition) is 2. The molecule has 1 aromatic heterocycles. The third kappa shape index (κ3) is 3.04. The Morgan fingerprint density at radius 3 is 2.17 bits per heavy atom. The van der Waals surface area contributed by atoms with E-state index in [1.54, 1.807) is 0 Å². The summed E-state index contributed by atoms with van der Waals surface area (Å²) >= 11 is 0. The summed E-state index contributed by atoms with van der Waals surface area (Å²) in [4.78, 5) is 12.7. The fraction of sp³-hybridized carbons (Fsp3) is 0.389. The van der Waals surface area contributed by atoms with Gasteiger partial charge in [0.2, 0.25) is 0 Å². The summed E-state index contributed by atoms with van der Waals surface area (Å²) < 4.78 is 1.15. The molecule has 2 N–H and O–H groups in total. The van der Waals surface area contributed by atoms with Crippen molar-refractivity contribution >= 4 is 6.21 Å². The topological polar surface area (TPSA) is 87.7 Å². The maximum atomic E-state index is 12.7. The maximum absolute atomic E-state index is 12.7. The molecule has 0 aliphatic heterocycles. The molecule has 128 valence electrons. The van der Waals surface area contributed by atoms with E-state index in [1.807, 2.05) is 13.8 Å². The highest BCUT2D eigenvalue weighted by molar-refractivity contribution is 5.87. The molecule has 0 spiro atoms. The van der Waals surface area contributed by atoms with E-state index >= 15 is 0 Å². The normalized spacial score (nSPS) is 11.3. The second kappa shape index (κ2) is 7.29. The summed E-state index contributed by atoms with van der Waals surface area (Å²) in [5.41, 5.74) is 3.86. The molecule has 6 heteroatoms. The number of nitrogens with zero attached hydrogens (tertiary/aromatic N) is 3. The lowest BCUT2D eigenvalue weighted by molar-refractivity contribution is 0.321. The first-order valence-corrected chi connectivity index (χ1v) is 8.11. The van der Waals surface area contributed by atoms with E-state index in [4.69, 9.17) is 5.21 Å². The summed E-state index contributed by atoms with van der Waals surface area (Å²) in [5.74, 6) is -0.260. The van der Waals surface area contributed by atoms with E-state index < -0.39 is 0 Å². The monoisotopic (exact) mass is 329 g/mol. The lowest BCUT2D eigenvalue weighted by Gasteiger charge is -2.17. The molecule has 0 fully saturated rings. The molecule has 1 heterocycles. The largest absolute Gasteiger partial charge is 0.505 e. The van der Waals surface area contributed by atoms with Gasteiger partial charge in [0.1, 0.15) is 5.69 Å². The smallest absolute Gasteiger partial charge is 0.278 e. The molecule has 0 unspecified atom stereocenters. The van der Waals surface area contributed by atoms with Gasteiger partial charge < -0.3 is 10.3 Å². The van der Waals surface area contributed by atoms with Crippen LogP contribution in [0.25, 0.3) is 11.1 Å². The molecule has 0 aliphatic carbocycles. The molecule has 0 atom stereocenters. The average Bonchev–Trinajstić information content (AvgIpc) is 2.59. The van der Waals surface area contributed by atoms with E-state index in [2.05, 4.69) is 29.3 Å². The summed E-state index contributed by atoms with van der Waals surface area (Å²) in [5, 5.41) is 26.2. The second-order valence-electron chi connectivity index (χ2n) is 5.63. The Morgan fingerprint density at radius 2 is 1.71 bits per heavy atom. The quantitative estimate of drug-likeness (QED) is 0.501. The lowest BCUT2D eigenvalue weighted by atomic mass is 9.89. The Kier molecular flexibility index (Phi) is 5.39. The molecule has 0 bridgehead atoms. The summed E-state index contributed by atoms with van der Waals surface area (Å²) in [6.45, 7) is 6.14. The number of aryl methyl sites for hydroxylation is 4. The number of benzene rings is 1. The van der Waals surface area contributed by atoms with E-state index in [0.717, 1.165) is 46.8 Å². The standard InChI is InChI=1S/C18H23N3O3/c1-5-11-8-12(6-2)15(13(7-3)9-11)16-17(22)14(10-19-24)20-21(4)18(16)23/h8-10,22,24H,5-7H2,1-4H3/b19-10+. The van der Waals surface area contributed by atoms with E-state index in [0.29, 0.717) is 0 Å². The van der Waals surface area contributed by atoms with Crippen molar-refractivity contribution in [1.29, 1.82) is 0 Å². The van der Waals surface area contributed by atoms with Gasteiger partial charge in [-0.3, -0.25) is 4.79 Å². The van der Waals surface area contributed by atoms with Gasteiger partial charge in [0, 0.05) is 7.05 Å². The molecule has 0 amide bonds. The van der Waals surface area contributed by atoms with Crippen LogP contribution in [0.4, 0.5) is 0 Å². The molecule has 0 radical (unpaired) electrons. The van der Waals surface area contributed by atoms with Gasteiger partial charge >= 0.3 is 0 Å². The number of oxime groups is 1. The molecule has 24 heavy (non-hydrogen) atoms. The average molecular weight is 329 g/mol. The van der Waals surface area contributed by atoms with Crippen LogP contribution in [0.1, 0.15) is 43.2 Å². The molecule has 0 saturated heterocycles. The van der Waals surface area contributed by atoms with E-state index in [1.165, 1.54) is 12.6 Å². The highest BCUT2D eigenvalue weighted by Gasteiger charge is 2.21. The van der Waals surface area contributed by atoms with Crippen molar-refractivity contribution in [2.75, 3.05) is 0 Å². The number of aromatic nitrogens is 2. The van der Waals surface area contributed by atoms with Crippen LogP contribution in [0.15, 0.2) is 22.1 Å². The summed E-state index contributed by atoms with van der Waals surface area (Å²) in [6.07, 6.45) is 3.41. The second-order valence-corrected chi connectivity index (χ2v) is 5.63. The SMILES string of the molecule is CCc1cc(CC)c(-c2c(O)c(/C=N/O)nn(C)c2=O)c(CC)c1. The number of hydrogen-bond acceptors (Lipinski definition) is 5. The first kappa shape index (κ1) is 17.7. The van der Waals surface area contributed by atoms with Crippen molar-refractivity contribution in [3.05, 3.63) is 44.9 Å². The van der Waals surface area contributed by atoms with Crippen molar-refractivity contribution in [3.63, 3.8) is 0 Å². The molecular formula is C18H23N3O3. The van der Waals surface area contributed by atoms with Crippen LogP contribution >= 0.6 is 0 Å². The van der Waals surface area contributed by atoms with Crippen LogP contribution in [0.2, 0.25) is 0 Å². The van der Waals surface area contributed by atoms with Crippen LogP contribution in [-0.2, 0) is 26.3 Å². The zero-order chi connectivity index (χ0) is 17.9. The Morgan fingerprint density at radius 1 is 1.12 bits per heavy atom. The predicted molar refractivity (Wildman–Crippen MR) is 94.1 cm³/mol. The van der Waals surface area contributed by atoms with Gasteiger partial charge in [0.15, 0.2) is 5.75 Å². The Labute approximate surface area is 141 Å². The van der Waals surface area contributed by atoms with Crippen molar-refractivity contribution in [3.8, 4) is 16.9 Å². The van der Waals surface area contributed by atoms with Gasteiger partial charge in [-0.15, -0.1) is 0 Å². The van der Waals surface area contributed by atoms with Crippen LogP contribution in [0, 0.1) is 0 Å². The molecule has 6 nitrogen and oxygen atoms in total. The Hall–Kier alpha value is -2.63. The van der Waals surface area contributed by atoms with Gasteiger partial charge in [0.05, 0.1) is 11.8 Å². The van der Waals surface area contributed by atoms with Gasteiger partial charge in [0.25, 0.3) is 5.56 Å². The van der Waals surface area contributed by atoms with Crippen LogP contribution < -0.4 is 5.56 Å². The van der Waals surface area contributed by atoms with E-state index in [9.17, 15) is 9.90 Å². The molecule has 0 aliphatic rings. The third-order valence-electron chi connectivity index (χ3n) is 4.21. The van der Waals surface area contributed by atoms with Crippen LogP contribution in [-0.4, -0.2) is 26.3 Å². The van der Waals surface area contributed by atoms with Gasteiger partial charge in [-0.2, -0.15) is 5.10 Å². The Bertz CT molecular complexity index is 813. The fourth-order valence-corrected chi connectivity index (χ4v) is 2.94. The molecule has 2 rings (SSSR count). The van der Waals surface area contributed by atoms with Crippen molar-refractivity contribution in [1.82, 2.24) is 9.78 Å². The fourth-order valence-electron chi connectivity index (χ4n) is 2.94. The number of aromatic hydroxyl groups is 1. The third-order valence-corrected chi connectivity index (χ3v) is 4.21. The molecule has 0 saturated carbocycles. The molecule has 2 aromatic rings. The lowest BCUT2D eigenvalue weighted by Crippen LogP contribution is -2.24. The first-order chi connectivity index (χ1) is 11.5.